The van der Waals surface area contributed by atoms with Gasteiger partial charge in [-0.1, -0.05) is 36.4 Å². The van der Waals surface area contributed by atoms with E-state index in [-0.39, 0.29) is 5.92 Å². The molecular weight excluding hydrogens is 262 g/mol. The maximum Gasteiger partial charge on any atom is 0.161 e. The second-order valence-corrected chi connectivity index (χ2v) is 4.67. The highest BCUT2D eigenvalue weighted by atomic mass is 16.5. The van der Waals surface area contributed by atoms with Crippen molar-refractivity contribution in [1.29, 1.82) is 5.26 Å². The molecule has 0 aromatic heterocycles. The zero-order valence-electron chi connectivity index (χ0n) is 12.4. The topological polar surface area (TPSA) is 42.2 Å². The SMILES string of the molecule is CCOc1cc(C(CC#N)c2ccccc2)ccc1OC. The first-order chi connectivity index (χ1) is 10.3. The molecule has 0 saturated carbocycles. The summed E-state index contributed by atoms with van der Waals surface area (Å²) in [5.41, 5.74) is 2.19. The molecule has 21 heavy (non-hydrogen) atoms. The summed E-state index contributed by atoms with van der Waals surface area (Å²) in [4.78, 5) is 0. The van der Waals surface area contributed by atoms with Crippen molar-refractivity contribution in [3.05, 3.63) is 59.7 Å². The van der Waals surface area contributed by atoms with Crippen molar-refractivity contribution in [2.24, 2.45) is 0 Å². The fourth-order valence-corrected chi connectivity index (χ4v) is 2.38. The second-order valence-electron chi connectivity index (χ2n) is 4.67. The van der Waals surface area contributed by atoms with Gasteiger partial charge in [-0.05, 0) is 30.2 Å². The van der Waals surface area contributed by atoms with E-state index in [1.54, 1.807) is 7.11 Å². The lowest BCUT2D eigenvalue weighted by molar-refractivity contribution is 0.310. The van der Waals surface area contributed by atoms with Crippen molar-refractivity contribution in [3.8, 4) is 17.6 Å². The summed E-state index contributed by atoms with van der Waals surface area (Å²) >= 11 is 0. The van der Waals surface area contributed by atoms with Crippen molar-refractivity contribution in [2.45, 2.75) is 19.3 Å². The minimum Gasteiger partial charge on any atom is -0.493 e. The molecule has 108 valence electrons. The number of rotatable bonds is 6. The summed E-state index contributed by atoms with van der Waals surface area (Å²) in [5, 5.41) is 9.13. The highest BCUT2D eigenvalue weighted by molar-refractivity contribution is 5.46. The van der Waals surface area contributed by atoms with Crippen LogP contribution in [-0.4, -0.2) is 13.7 Å². The van der Waals surface area contributed by atoms with Crippen LogP contribution in [0.3, 0.4) is 0 Å². The normalized spacial score (nSPS) is 11.5. The number of methoxy groups -OCH3 is 1. The molecule has 0 bridgehead atoms. The Hall–Kier alpha value is -2.47. The third kappa shape index (κ3) is 3.55. The lowest BCUT2D eigenvalue weighted by Crippen LogP contribution is -2.02. The van der Waals surface area contributed by atoms with Crippen molar-refractivity contribution in [1.82, 2.24) is 0 Å². The molecule has 3 nitrogen and oxygen atoms in total. The maximum absolute atomic E-state index is 9.13. The maximum atomic E-state index is 9.13. The summed E-state index contributed by atoms with van der Waals surface area (Å²) in [6.07, 6.45) is 0.432. The van der Waals surface area contributed by atoms with E-state index in [2.05, 4.69) is 6.07 Å². The van der Waals surface area contributed by atoms with Crippen LogP contribution in [0, 0.1) is 11.3 Å². The molecule has 0 heterocycles. The Kier molecular flexibility index (Phi) is 5.22. The molecular formula is C18H19NO2. The lowest BCUT2D eigenvalue weighted by atomic mass is 9.89. The van der Waals surface area contributed by atoms with E-state index < -0.39 is 0 Å². The van der Waals surface area contributed by atoms with Gasteiger partial charge in [-0.15, -0.1) is 0 Å². The van der Waals surface area contributed by atoms with Gasteiger partial charge in [0.15, 0.2) is 11.5 Å². The van der Waals surface area contributed by atoms with Crippen molar-refractivity contribution >= 4 is 0 Å². The van der Waals surface area contributed by atoms with Crippen molar-refractivity contribution in [3.63, 3.8) is 0 Å². The van der Waals surface area contributed by atoms with Gasteiger partial charge in [-0.25, -0.2) is 0 Å². The highest BCUT2D eigenvalue weighted by Crippen LogP contribution is 2.34. The monoisotopic (exact) mass is 281 g/mol. The van der Waals surface area contributed by atoms with Crippen molar-refractivity contribution < 1.29 is 9.47 Å². The average molecular weight is 281 g/mol. The van der Waals surface area contributed by atoms with E-state index in [1.165, 1.54) is 0 Å². The Morgan fingerprint density at radius 2 is 1.81 bits per heavy atom. The van der Waals surface area contributed by atoms with Gasteiger partial charge in [-0.3, -0.25) is 0 Å². The van der Waals surface area contributed by atoms with Crippen LogP contribution < -0.4 is 9.47 Å². The predicted molar refractivity (Wildman–Crippen MR) is 82.7 cm³/mol. The molecule has 0 radical (unpaired) electrons. The first kappa shape index (κ1) is 14.9. The molecule has 2 aromatic carbocycles. The second kappa shape index (κ2) is 7.35. The fourth-order valence-electron chi connectivity index (χ4n) is 2.38. The first-order valence-electron chi connectivity index (χ1n) is 7.02. The minimum absolute atomic E-state index is 0.0429. The molecule has 2 rings (SSSR count). The van der Waals surface area contributed by atoms with Gasteiger partial charge in [-0.2, -0.15) is 5.26 Å². The van der Waals surface area contributed by atoms with E-state index in [9.17, 15) is 0 Å². The largest absolute Gasteiger partial charge is 0.493 e. The Bertz CT molecular complexity index is 617. The van der Waals surface area contributed by atoms with E-state index in [0.29, 0.717) is 18.8 Å². The summed E-state index contributed by atoms with van der Waals surface area (Å²) < 4.78 is 10.9. The van der Waals surface area contributed by atoms with Crippen LogP contribution in [0.1, 0.15) is 30.4 Å². The number of benzene rings is 2. The van der Waals surface area contributed by atoms with Crippen molar-refractivity contribution in [2.75, 3.05) is 13.7 Å². The Labute approximate surface area is 125 Å². The minimum atomic E-state index is 0.0429. The number of nitriles is 1. The summed E-state index contributed by atoms with van der Waals surface area (Å²) in [7, 11) is 1.63. The van der Waals surface area contributed by atoms with Gasteiger partial charge < -0.3 is 9.47 Å². The predicted octanol–water partition coefficient (Wildman–Crippen LogP) is 4.14. The zero-order valence-corrected chi connectivity index (χ0v) is 12.4. The van der Waals surface area contributed by atoms with Crippen LogP contribution in [-0.2, 0) is 0 Å². The van der Waals surface area contributed by atoms with Crippen LogP contribution in [0.25, 0.3) is 0 Å². The van der Waals surface area contributed by atoms with E-state index in [4.69, 9.17) is 14.7 Å². The van der Waals surface area contributed by atoms with Gasteiger partial charge in [0.1, 0.15) is 0 Å². The Balaban J connectivity index is 2.41. The fraction of sp³-hybridized carbons (Fsp3) is 0.278. The first-order valence-corrected chi connectivity index (χ1v) is 7.02. The molecule has 1 unspecified atom stereocenters. The lowest BCUT2D eigenvalue weighted by Gasteiger charge is -2.17. The van der Waals surface area contributed by atoms with Gasteiger partial charge in [0.05, 0.1) is 19.8 Å². The molecule has 3 heteroatoms. The summed E-state index contributed by atoms with van der Waals surface area (Å²) in [5.74, 6) is 1.47. The van der Waals surface area contributed by atoms with Crippen LogP contribution in [0.4, 0.5) is 0 Å². The molecule has 0 amide bonds. The Morgan fingerprint density at radius 1 is 1.05 bits per heavy atom. The van der Waals surface area contributed by atoms with E-state index in [0.717, 1.165) is 16.9 Å². The quantitative estimate of drug-likeness (QED) is 0.799. The smallest absolute Gasteiger partial charge is 0.161 e. The number of hydrogen-bond donors (Lipinski definition) is 0. The number of ether oxygens (including phenoxy) is 2. The molecule has 0 spiro atoms. The summed E-state index contributed by atoms with van der Waals surface area (Å²) in [6, 6.07) is 18.2. The zero-order chi connectivity index (χ0) is 15.1. The van der Waals surface area contributed by atoms with Gasteiger partial charge in [0.2, 0.25) is 0 Å². The van der Waals surface area contributed by atoms with E-state index >= 15 is 0 Å². The van der Waals surface area contributed by atoms with Gasteiger partial charge in [0.25, 0.3) is 0 Å². The number of nitrogens with zero attached hydrogens (tertiary/aromatic N) is 1. The van der Waals surface area contributed by atoms with Crippen LogP contribution in [0.15, 0.2) is 48.5 Å². The molecule has 0 saturated heterocycles. The molecule has 0 aliphatic rings. The average Bonchev–Trinajstić information content (AvgIpc) is 2.54. The number of hydrogen-bond acceptors (Lipinski definition) is 3. The molecule has 1 atom stereocenters. The third-order valence-electron chi connectivity index (χ3n) is 3.39. The van der Waals surface area contributed by atoms with E-state index in [1.807, 2.05) is 55.5 Å². The standard InChI is InChI=1S/C18H19NO2/c1-3-21-18-13-15(9-10-17(18)20-2)16(11-12-19)14-7-5-4-6-8-14/h4-10,13,16H,3,11H2,1-2H3. The molecule has 0 fully saturated rings. The molecule has 0 N–H and O–H groups in total. The third-order valence-corrected chi connectivity index (χ3v) is 3.39. The summed E-state index contributed by atoms with van der Waals surface area (Å²) in [6.45, 7) is 2.52. The van der Waals surface area contributed by atoms with Crippen LogP contribution in [0.2, 0.25) is 0 Å². The molecule has 0 aliphatic carbocycles. The highest BCUT2D eigenvalue weighted by Gasteiger charge is 2.16. The molecule has 2 aromatic rings. The van der Waals surface area contributed by atoms with Gasteiger partial charge >= 0.3 is 0 Å². The Morgan fingerprint density at radius 3 is 2.43 bits per heavy atom. The van der Waals surface area contributed by atoms with Crippen LogP contribution in [0.5, 0.6) is 11.5 Å². The van der Waals surface area contributed by atoms with Crippen LogP contribution >= 0.6 is 0 Å². The molecule has 0 aliphatic heterocycles. The van der Waals surface area contributed by atoms with Gasteiger partial charge in [0, 0.05) is 12.3 Å².